The summed E-state index contributed by atoms with van der Waals surface area (Å²) in [5.41, 5.74) is 13.5. The first kappa shape index (κ1) is 32.0. The van der Waals surface area contributed by atoms with Crippen molar-refractivity contribution < 1.29 is 0 Å². The fraction of sp³-hybridized carbons (Fsp3) is 0.0870. The van der Waals surface area contributed by atoms with Crippen LogP contribution in [0.4, 0.5) is 5.69 Å². The molecule has 0 N–H and O–H groups in total. The van der Waals surface area contributed by atoms with Gasteiger partial charge in [-0.2, -0.15) is 10.5 Å². The predicted octanol–water partition coefficient (Wildman–Crippen LogP) is 11.5. The largest absolute Gasteiger partial charge is 0.312 e. The van der Waals surface area contributed by atoms with Crippen LogP contribution < -0.4 is 4.90 Å². The average Bonchev–Trinajstić information content (AvgIpc) is 3.53. The van der Waals surface area contributed by atoms with Crippen molar-refractivity contribution in [2.24, 2.45) is 0 Å². The molecule has 1 aliphatic carbocycles. The number of aromatic nitrogens is 1. The van der Waals surface area contributed by atoms with Crippen molar-refractivity contribution in [1.82, 2.24) is 4.57 Å². The maximum atomic E-state index is 9.95. The van der Waals surface area contributed by atoms with Crippen molar-refractivity contribution in [1.29, 1.82) is 10.5 Å². The van der Waals surface area contributed by atoms with Crippen LogP contribution in [-0.2, 0) is 6.42 Å². The molecule has 0 spiro atoms. The summed E-state index contributed by atoms with van der Waals surface area (Å²) >= 11 is 0. The highest BCUT2D eigenvalue weighted by Crippen LogP contribution is 2.41. The Morgan fingerprint density at radius 1 is 0.780 bits per heavy atom. The summed E-state index contributed by atoms with van der Waals surface area (Å²) in [4.78, 5) is 2.15. The number of rotatable bonds is 6. The molecule has 4 heteroatoms. The predicted molar refractivity (Wildman–Crippen MR) is 207 cm³/mol. The zero-order chi connectivity index (χ0) is 34.6. The Bertz CT molecular complexity index is 2410. The van der Waals surface area contributed by atoms with Gasteiger partial charge in [0, 0.05) is 39.2 Å². The van der Waals surface area contributed by atoms with Gasteiger partial charge in [0.15, 0.2) is 0 Å². The van der Waals surface area contributed by atoms with E-state index in [1.54, 1.807) is 0 Å². The topological polar surface area (TPSA) is 55.8 Å². The van der Waals surface area contributed by atoms with Gasteiger partial charge in [-0.15, -0.1) is 0 Å². The Kier molecular flexibility index (Phi) is 8.85. The summed E-state index contributed by atoms with van der Waals surface area (Å²) in [7, 11) is 0. The van der Waals surface area contributed by atoms with E-state index in [1.807, 2.05) is 67.6 Å². The maximum absolute atomic E-state index is 9.95. The van der Waals surface area contributed by atoms with Crippen molar-refractivity contribution in [2.45, 2.75) is 26.2 Å². The molecule has 1 aliphatic heterocycles. The van der Waals surface area contributed by atoms with E-state index in [9.17, 15) is 10.5 Å². The van der Waals surface area contributed by atoms with Gasteiger partial charge in [-0.25, -0.2) is 0 Å². The van der Waals surface area contributed by atoms with Crippen molar-refractivity contribution in [3.63, 3.8) is 0 Å². The molecule has 5 aromatic rings. The van der Waals surface area contributed by atoms with E-state index < -0.39 is 0 Å². The highest BCUT2D eigenvalue weighted by atomic mass is 15.2. The van der Waals surface area contributed by atoms with Gasteiger partial charge in [-0.3, -0.25) is 0 Å². The second-order valence-electron chi connectivity index (χ2n) is 12.4. The summed E-state index contributed by atoms with van der Waals surface area (Å²) < 4.78 is 2.37. The molecule has 2 heterocycles. The second kappa shape index (κ2) is 13.9. The van der Waals surface area contributed by atoms with E-state index in [-0.39, 0.29) is 0 Å². The Labute approximate surface area is 294 Å². The molecule has 0 amide bonds. The van der Waals surface area contributed by atoms with E-state index in [0.29, 0.717) is 11.1 Å². The molecule has 0 atom stereocenters. The van der Waals surface area contributed by atoms with Crippen LogP contribution in [0.3, 0.4) is 0 Å². The lowest BCUT2D eigenvalue weighted by atomic mass is 9.95. The number of anilines is 1. The third kappa shape index (κ3) is 5.74. The quantitative estimate of drug-likeness (QED) is 0.185. The summed E-state index contributed by atoms with van der Waals surface area (Å²) in [5.74, 6) is 0. The minimum absolute atomic E-state index is 0.572. The SMILES string of the molecule is C=C/C1=C(\C=C/C)N(c2ccc(C#N)cc2-c2ccc(-c3cc(C#N)ccc3-n3c4c(c5ccccc53)C=CCC4)cc2)C(=C)/C=C\C=C/C1. The minimum atomic E-state index is 0.572. The van der Waals surface area contributed by atoms with Gasteiger partial charge in [0.2, 0.25) is 0 Å². The summed E-state index contributed by atoms with van der Waals surface area (Å²) in [6.07, 6.45) is 21.3. The number of allylic oxidation sites excluding steroid dienone is 9. The van der Waals surface area contributed by atoms with E-state index in [1.165, 1.54) is 16.6 Å². The fourth-order valence-electron chi connectivity index (χ4n) is 7.07. The molecule has 4 nitrogen and oxygen atoms in total. The summed E-state index contributed by atoms with van der Waals surface area (Å²) in [5, 5.41) is 21.1. The fourth-order valence-corrected chi connectivity index (χ4v) is 7.07. The number of para-hydroxylation sites is 1. The van der Waals surface area contributed by atoms with E-state index in [0.717, 1.165) is 75.4 Å². The van der Waals surface area contributed by atoms with Crippen LogP contribution in [0.25, 0.3) is 44.9 Å². The normalized spacial score (nSPS) is 17.0. The monoisotopic (exact) mass is 644 g/mol. The molecule has 0 radical (unpaired) electrons. The van der Waals surface area contributed by atoms with Crippen LogP contribution in [0.1, 0.15) is 42.1 Å². The lowest BCUT2D eigenvalue weighted by Gasteiger charge is -2.30. The molecule has 2 aliphatic rings. The van der Waals surface area contributed by atoms with Gasteiger partial charge >= 0.3 is 0 Å². The molecule has 0 bridgehead atoms. The molecule has 0 saturated heterocycles. The molecule has 7 rings (SSSR count). The maximum Gasteiger partial charge on any atom is 0.0991 e. The summed E-state index contributed by atoms with van der Waals surface area (Å²) in [6, 6.07) is 33.4. The van der Waals surface area contributed by atoms with Crippen LogP contribution >= 0.6 is 0 Å². The molecule has 1 aromatic heterocycles. The smallest absolute Gasteiger partial charge is 0.0991 e. The zero-order valence-corrected chi connectivity index (χ0v) is 28.1. The van der Waals surface area contributed by atoms with Crippen LogP contribution in [0.5, 0.6) is 0 Å². The van der Waals surface area contributed by atoms with Crippen molar-refractivity contribution in [3.05, 3.63) is 186 Å². The van der Waals surface area contributed by atoms with Gasteiger partial charge < -0.3 is 9.47 Å². The van der Waals surface area contributed by atoms with Crippen LogP contribution in [0, 0.1) is 22.7 Å². The molecule has 50 heavy (non-hydrogen) atoms. The standard InChI is InChI=1S/C46H36N4/c1-4-13-42-35(5-2)15-8-6-7-14-32(3)49(42)45-26-20-33(30-47)28-40(45)36-22-24-37(25-23-36)41-29-34(31-48)21-27-46(41)50-43-18-11-9-16-38(43)39-17-10-12-19-44(39)50/h4-11,13-14,16-18,20-29H,2-3,12,15,19H2,1H3/b8-6-,13-4-,14-7-,42-35-. The number of nitrogens with zero attached hydrogens (tertiary/aromatic N) is 4. The van der Waals surface area contributed by atoms with Gasteiger partial charge in [-0.05, 0) is 97.5 Å². The lowest BCUT2D eigenvalue weighted by Crippen LogP contribution is -2.21. The van der Waals surface area contributed by atoms with Crippen LogP contribution in [-0.4, -0.2) is 4.57 Å². The first-order valence-corrected chi connectivity index (χ1v) is 16.8. The highest BCUT2D eigenvalue weighted by molar-refractivity contribution is 5.95. The number of nitriles is 2. The Balaban J connectivity index is 1.39. The zero-order valence-electron chi connectivity index (χ0n) is 28.1. The number of hydrogen-bond acceptors (Lipinski definition) is 3. The first-order chi connectivity index (χ1) is 24.6. The third-order valence-electron chi connectivity index (χ3n) is 9.39. The number of hydrogen-bond donors (Lipinski definition) is 0. The number of fused-ring (bicyclic) bond motifs is 3. The molecular weight excluding hydrogens is 609 g/mol. The van der Waals surface area contributed by atoms with Gasteiger partial charge in [0.25, 0.3) is 0 Å². The second-order valence-corrected chi connectivity index (χ2v) is 12.4. The lowest BCUT2D eigenvalue weighted by molar-refractivity contribution is 0.889. The van der Waals surface area contributed by atoms with E-state index in [4.69, 9.17) is 0 Å². The number of benzene rings is 4. The van der Waals surface area contributed by atoms with Gasteiger partial charge in [0.1, 0.15) is 0 Å². The van der Waals surface area contributed by atoms with E-state index in [2.05, 4.69) is 114 Å². The molecule has 0 unspecified atom stereocenters. The Hall–Kier alpha value is -6.62. The van der Waals surface area contributed by atoms with E-state index >= 15 is 0 Å². The van der Waals surface area contributed by atoms with Gasteiger partial charge in [0.05, 0.1) is 40.2 Å². The minimum Gasteiger partial charge on any atom is -0.312 e. The van der Waals surface area contributed by atoms with Gasteiger partial charge in [-0.1, -0.05) is 98.2 Å². The van der Waals surface area contributed by atoms with Crippen LogP contribution in [0.15, 0.2) is 164 Å². The van der Waals surface area contributed by atoms with Crippen LogP contribution in [0.2, 0.25) is 0 Å². The molecular formula is C46H36N4. The third-order valence-corrected chi connectivity index (χ3v) is 9.39. The van der Waals surface area contributed by atoms with Crippen molar-refractivity contribution >= 4 is 22.7 Å². The Morgan fingerprint density at radius 3 is 2.14 bits per heavy atom. The summed E-state index contributed by atoms with van der Waals surface area (Å²) in [6.45, 7) is 10.6. The highest BCUT2D eigenvalue weighted by Gasteiger charge is 2.23. The van der Waals surface area contributed by atoms with Crippen molar-refractivity contribution in [3.8, 4) is 40.1 Å². The molecule has 4 aromatic carbocycles. The average molecular weight is 645 g/mol. The molecule has 0 saturated carbocycles. The Morgan fingerprint density at radius 2 is 1.46 bits per heavy atom. The van der Waals surface area contributed by atoms with Crippen molar-refractivity contribution in [2.75, 3.05) is 4.90 Å². The molecule has 240 valence electrons. The molecule has 0 fully saturated rings. The first-order valence-electron chi connectivity index (χ1n) is 16.8.